The normalized spacial score (nSPS) is 14.9. The van der Waals surface area contributed by atoms with Crippen molar-refractivity contribution in [2.45, 2.75) is 4.90 Å². The second-order valence-corrected chi connectivity index (χ2v) is 8.82. The second-order valence-electron chi connectivity index (χ2n) is 6.13. The molecular formula is C19H13Cl2N3O5S2. The third kappa shape index (κ3) is 5.40. The molecule has 0 saturated carbocycles. The lowest BCUT2D eigenvalue weighted by Crippen LogP contribution is -2.36. The van der Waals surface area contributed by atoms with E-state index in [1.165, 1.54) is 23.9 Å². The lowest BCUT2D eigenvalue weighted by Gasteiger charge is -2.12. The van der Waals surface area contributed by atoms with Crippen LogP contribution < -0.4 is 5.32 Å². The fourth-order valence-corrected chi connectivity index (χ4v) is 4.42. The molecule has 1 aliphatic heterocycles. The Kier molecular flexibility index (Phi) is 7.26. The molecule has 3 amide bonds. The van der Waals surface area contributed by atoms with Crippen LogP contribution in [0.1, 0.15) is 5.56 Å². The van der Waals surface area contributed by atoms with E-state index in [2.05, 4.69) is 5.32 Å². The molecule has 1 saturated heterocycles. The van der Waals surface area contributed by atoms with Gasteiger partial charge in [-0.15, -0.1) is 11.8 Å². The van der Waals surface area contributed by atoms with E-state index in [9.17, 15) is 24.5 Å². The van der Waals surface area contributed by atoms with Crippen molar-refractivity contribution in [3.05, 3.63) is 67.0 Å². The van der Waals surface area contributed by atoms with E-state index in [0.29, 0.717) is 17.4 Å². The van der Waals surface area contributed by atoms with E-state index in [-0.39, 0.29) is 26.2 Å². The first-order valence-electron chi connectivity index (χ1n) is 8.52. The summed E-state index contributed by atoms with van der Waals surface area (Å²) in [6.07, 6.45) is 3.16. The van der Waals surface area contributed by atoms with E-state index < -0.39 is 28.5 Å². The van der Waals surface area contributed by atoms with E-state index in [1.807, 2.05) is 12.3 Å². The average molecular weight is 498 g/mol. The minimum absolute atomic E-state index is 0.0132. The number of hydrogen-bond acceptors (Lipinski definition) is 7. The second kappa shape index (κ2) is 9.73. The summed E-state index contributed by atoms with van der Waals surface area (Å²) in [4.78, 5) is 49.4. The number of thioether (sulfide) groups is 2. The highest BCUT2D eigenvalue weighted by molar-refractivity contribution is 8.18. The summed E-state index contributed by atoms with van der Waals surface area (Å²) in [5.74, 6) is -1.24. The number of nitrogens with zero attached hydrogens (tertiary/aromatic N) is 2. The number of anilines is 1. The van der Waals surface area contributed by atoms with Crippen molar-refractivity contribution < 1.29 is 19.3 Å². The van der Waals surface area contributed by atoms with Gasteiger partial charge in [-0.3, -0.25) is 29.4 Å². The molecule has 0 bridgehead atoms. The zero-order valence-electron chi connectivity index (χ0n) is 15.8. The number of nitrogens with one attached hydrogen (secondary N) is 1. The third-order valence-electron chi connectivity index (χ3n) is 4.08. The largest absolute Gasteiger partial charge is 0.324 e. The molecule has 31 heavy (non-hydrogen) atoms. The van der Waals surface area contributed by atoms with Crippen molar-refractivity contribution in [1.29, 1.82) is 0 Å². The summed E-state index contributed by atoms with van der Waals surface area (Å²) in [5.41, 5.74) is 0.310. The molecule has 1 N–H and O–H groups in total. The number of carbonyl (C=O) groups excluding carboxylic acids is 3. The fraction of sp³-hybridized carbons (Fsp3) is 0.105. The molecule has 0 aromatic heterocycles. The van der Waals surface area contributed by atoms with Gasteiger partial charge in [0, 0.05) is 27.2 Å². The van der Waals surface area contributed by atoms with Gasteiger partial charge in [-0.05, 0) is 48.4 Å². The predicted octanol–water partition coefficient (Wildman–Crippen LogP) is 5.30. The number of nitro benzene ring substituents is 1. The zero-order valence-corrected chi connectivity index (χ0v) is 18.9. The maximum atomic E-state index is 12.6. The Balaban J connectivity index is 1.77. The van der Waals surface area contributed by atoms with Crippen LogP contribution in [-0.4, -0.2) is 39.7 Å². The summed E-state index contributed by atoms with van der Waals surface area (Å²) >= 11 is 14.0. The Labute approximate surface area is 195 Å². The number of amides is 3. The highest BCUT2D eigenvalue weighted by Gasteiger charge is 2.36. The van der Waals surface area contributed by atoms with Gasteiger partial charge in [-0.2, -0.15) is 0 Å². The quantitative estimate of drug-likeness (QED) is 0.249. The van der Waals surface area contributed by atoms with Gasteiger partial charge >= 0.3 is 0 Å². The van der Waals surface area contributed by atoms with Crippen LogP contribution in [0.15, 0.2) is 46.2 Å². The number of benzene rings is 2. The van der Waals surface area contributed by atoms with Crippen molar-refractivity contribution in [1.82, 2.24) is 4.90 Å². The zero-order chi connectivity index (χ0) is 22.7. The summed E-state index contributed by atoms with van der Waals surface area (Å²) in [7, 11) is 0. The molecule has 160 valence electrons. The molecule has 0 atom stereocenters. The molecule has 3 rings (SSSR count). The highest BCUT2D eigenvalue weighted by atomic mass is 35.5. The van der Waals surface area contributed by atoms with E-state index in [4.69, 9.17) is 23.2 Å². The standard InChI is InChI=1S/C19H13Cl2N3O5S2/c1-30-12-4-2-3-11(7-12)22-17(25)9-23-18(26)16(31-19(23)27)6-10-5-15(24(28)29)14(21)8-13(10)20/h2-8H,9H2,1H3,(H,22,25)/b16-6-. The van der Waals surface area contributed by atoms with Gasteiger partial charge < -0.3 is 5.32 Å². The number of halogens is 2. The fourth-order valence-electron chi connectivity index (χ4n) is 2.63. The smallest absolute Gasteiger partial charge is 0.294 e. The molecule has 0 spiro atoms. The number of nitro groups is 1. The van der Waals surface area contributed by atoms with Crippen LogP contribution in [0.2, 0.25) is 10.0 Å². The maximum Gasteiger partial charge on any atom is 0.294 e. The Morgan fingerprint density at radius 3 is 2.68 bits per heavy atom. The molecule has 0 unspecified atom stereocenters. The first kappa shape index (κ1) is 23.1. The average Bonchev–Trinajstić information content (AvgIpc) is 2.97. The molecule has 2 aromatic rings. The van der Waals surface area contributed by atoms with Crippen LogP contribution in [0.25, 0.3) is 6.08 Å². The first-order chi connectivity index (χ1) is 14.7. The van der Waals surface area contributed by atoms with Gasteiger partial charge in [0.1, 0.15) is 11.6 Å². The number of rotatable bonds is 6. The first-order valence-corrected chi connectivity index (χ1v) is 11.3. The molecule has 1 heterocycles. The predicted molar refractivity (Wildman–Crippen MR) is 123 cm³/mol. The monoisotopic (exact) mass is 497 g/mol. The van der Waals surface area contributed by atoms with Crippen molar-refractivity contribution in [2.24, 2.45) is 0 Å². The minimum Gasteiger partial charge on any atom is -0.324 e. The molecule has 1 fully saturated rings. The van der Waals surface area contributed by atoms with Gasteiger partial charge in [0.05, 0.1) is 9.83 Å². The Morgan fingerprint density at radius 2 is 2.00 bits per heavy atom. The Hall–Kier alpha value is -2.53. The topological polar surface area (TPSA) is 110 Å². The minimum atomic E-state index is -0.698. The van der Waals surface area contributed by atoms with Crippen molar-refractivity contribution >= 4 is 81.2 Å². The number of hydrogen-bond donors (Lipinski definition) is 1. The number of imide groups is 1. The summed E-state index contributed by atoms with van der Waals surface area (Å²) in [6.45, 7) is -0.472. The van der Waals surface area contributed by atoms with Gasteiger partial charge in [0.2, 0.25) is 5.91 Å². The van der Waals surface area contributed by atoms with Crippen LogP contribution in [0.4, 0.5) is 16.2 Å². The molecular weight excluding hydrogens is 485 g/mol. The SMILES string of the molecule is CSc1cccc(NC(=O)CN2C(=O)S/C(=C\c3cc([N+](=O)[O-])c(Cl)cc3Cl)C2=O)c1. The maximum absolute atomic E-state index is 12.6. The van der Waals surface area contributed by atoms with Crippen LogP contribution >= 0.6 is 46.7 Å². The van der Waals surface area contributed by atoms with Crippen LogP contribution in [0.3, 0.4) is 0 Å². The lowest BCUT2D eigenvalue weighted by atomic mass is 10.2. The van der Waals surface area contributed by atoms with Crippen LogP contribution in [-0.2, 0) is 9.59 Å². The summed E-state index contributed by atoms with van der Waals surface area (Å²) in [5, 5.41) is 13.0. The van der Waals surface area contributed by atoms with Gasteiger partial charge in [-0.25, -0.2) is 0 Å². The third-order valence-corrected chi connectivity index (χ3v) is 6.34. The van der Waals surface area contributed by atoms with Crippen LogP contribution in [0, 0.1) is 10.1 Å². The van der Waals surface area contributed by atoms with E-state index in [1.54, 1.807) is 18.2 Å². The Bertz CT molecular complexity index is 1140. The summed E-state index contributed by atoms with van der Waals surface area (Å²) in [6, 6.07) is 9.43. The van der Waals surface area contributed by atoms with E-state index in [0.717, 1.165) is 15.9 Å². The number of carbonyl (C=O) groups is 3. The molecule has 0 aliphatic carbocycles. The van der Waals surface area contributed by atoms with E-state index >= 15 is 0 Å². The highest BCUT2D eigenvalue weighted by Crippen LogP contribution is 2.36. The van der Waals surface area contributed by atoms with Gasteiger partial charge in [0.25, 0.3) is 16.8 Å². The van der Waals surface area contributed by atoms with Crippen molar-refractivity contribution in [2.75, 3.05) is 18.1 Å². The summed E-state index contributed by atoms with van der Waals surface area (Å²) < 4.78 is 0. The molecule has 1 aliphatic rings. The van der Waals surface area contributed by atoms with Crippen LogP contribution in [0.5, 0.6) is 0 Å². The Morgan fingerprint density at radius 1 is 1.26 bits per heavy atom. The van der Waals surface area contributed by atoms with Crippen molar-refractivity contribution in [3.63, 3.8) is 0 Å². The van der Waals surface area contributed by atoms with Gasteiger partial charge in [0.15, 0.2) is 0 Å². The molecule has 8 nitrogen and oxygen atoms in total. The van der Waals surface area contributed by atoms with Gasteiger partial charge in [-0.1, -0.05) is 29.3 Å². The molecule has 0 radical (unpaired) electrons. The molecule has 12 heteroatoms. The molecule has 2 aromatic carbocycles. The van der Waals surface area contributed by atoms with Crippen molar-refractivity contribution in [3.8, 4) is 0 Å². The lowest BCUT2D eigenvalue weighted by molar-refractivity contribution is -0.384.